The maximum atomic E-state index is 12.9. The van der Waals surface area contributed by atoms with E-state index in [-0.39, 0.29) is 12.8 Å². The number of methoxy groups -OCH3 is 1. The fourth-order valence-corrected chi connectivity index (χ4v) is 3.37. The van der Waals surface area contributed by atoms with E-state index in [1.54, 1.807) is 7.11 Å². The van der Waals surface area contributed by atoms with Crippen molar-refractivity contribution in [1.29, 1.82) is 0 Å². The normalized spacial score (nSPS) is 11.8. The van der Waals surface area contributed by atoms with Gasteiger partial charge in [-0.3, -0.25) is 0 Å². The van der Waals surface area contributed by atoms with Crippen molar-refractivity contribution >= 4 is 27.9 Å². The smallest absolute Gasteiger partial charge is 0.339 e. The van der Waals surface area contributed by atoms with E-state index in [1.807, 2.05) is 43.3 Å². The van der Waals surface area contributed by atoms with Crippen LogP contribution in [0.4, 0.5) is 0 Å². The Balaban J connectivity index is 2.10. The van der Waals surface area contributed by atoms with Crippen molar-refractivity contribution in [2.45, 2.75) is 20.3 Å². The minimum absolute atomic E-state index is 0.178. The van der Waals surface area contributed by atoms with Crippen molar-refractivity contribution in [3.05, 3.63) is 77.9 Å². The first-order valence-corrected chi connectivity index (χ1v) is 9.79. The Labute approximate surface area is 171 Å². The lowest BCUT2D eigenvalue weighted by molar-refractivity contribution is -0.136. The summed E-state index contributed by atoms with van der Waals surface area (Å²) in [7, 11) is 1.58. The third-order valence-corrected chi connectivity index (χ3v) is 4.72. The molecule has 3 rings (SSSR count). The molecule has 0 aliphatic heterocycles. The van der Waals surface area contributed by atoms with E-state index >= 15 is 0 Å². The molecule has 0 atom stereocenters. The van der Waals surface area contributed by atoms with Gasteiger partial charge in [-0.1, -0.05) is 55.5 Å². The number of benzene rings is 3. The summed E-state index contributed by atoms with van der Waals surface area (Å²) in [6.07, 6.45) is 0.703. The maximum absolute atomic E-state index is 12.9. The maximum Gasteiger partial charge on any atom is 0.339 e. The monoisotopic (exact) mass is 390 g/mol. The van der Waals surface area contributed by atoms with E-state index in [4.69, 9.17) is 14.2 Å². The zero-order chi connectivity index (χ0) is 20.6. The zero-order valence-corrected chi connectivity index (χ0v) is 17.1. The highest BCUT2D eigenvalue weighted by molar-refractivity contribution is 6.24. The Morgan fingerprint density at radius 3 is 2.21 bits per heavy atom. The molecule has 150 valence electrons. The number of fused-ring (bicyclic) bond motifs is 1. The number of esters is 1. The van der Waals surface area contributed by atoms with Crippen LogP contribution in [0.15, 0.2) is 66.7 Å². The van der Waals surface area contributed by atoms with E-state index in [1.165, 1.54) is 5.39 Å². The second-order valence-electron chi connectivity index (χ2n) is 6.56. The van der Waals surface area contributed by atoms with Crippen molar-refractivity contribution in [3.8, 4) is 5.75 Å². The van der Waals surface area contributed by atoms with Gasteiger partial charge in [-0.25, -0.2) is 4.79 Å². The summed E-state index contributed by atoms with van der Waals surface area (Å²) in [5.74, 6) is 0.366. The Hall–Kier alpha value is -3.11. The largest absolute Gasteiger partial charge is 0.468 e. The molecule has 0 heterocycles. The van der Waals surface area contributed by atoms with Gasteiger partial charge in [-0.15, -0.1) is 0 Å². The minimum atomic E-state index is -0.317. The van der Waals surface area contributed by atoms with E-state index in [2.05, 4.69) is 37.3 Å². The van der Waals surface area contributed by atoms with Gasteiger partial charge in [0, 0.05) is 7.11 Å². The van der Waals surface area contributed by atoms with Crippen LogP contribution in [0, 0.1) is 0 Å². The molecule has 29 heavy (non-hydrogen) atoms. The number of ether oxygens (including phenoxy) is 3. The summed E-state index contributed by atoms with van der Waals surface area (Å²) in [6, 6.07) is 21.9. The Kier molecular flexibility index (Phi) is 7.04. The number of carbonyl (C=O) groups excluding carboxylic acids is 1. The molecule has 0 radical (unpaired) electrons. The average molecular weight is 390 g/mol. The van der Waals surface area contributed by atoms with Crippen LogP contribution in [-0.4, -0.2) is 26.5 Å². The fourth-order valence-electron chi connectivity index (χ4n) is 3.37. The zero-order valence-electron chi connectivity index (χ0n) is 17.1. The standard InChI is InChI=1S/C25H26O4/c1-4-23(21-11-10-18-8-6-7-9-20(18)16-21)24(25(26)28-5-2)19-12-14-22(15-13-19)29-17-27-3/h6-16H,4-5,17H2,1-3H3. The Morgan fingerprint density at radius 1 is 0.862 bits per heavy atom. The number of carbonyl (C=O) groups is 1. The molecule has 4 heteroatoms. The lowest BCUT2D eigenvalue weighted by atomic mass is 9.91. The van der Waals surface area contributed by atoms with E-state index in [9.17, 15) is 4.79 Å². The molecule has 0 aromatic heterocycles. The molecule has 0 saturated carbocycles. The SMILES string of the molecule is CCOC(=O)C(=C(CC)c1ccc2ccccc2c1)c1ccc(OCOC)cc1. The second kappa shape index (κ2) is 9.89. The molecule has 0 saturated heterocycles. The molecule has 0 bridgehead atoms. The first-order valence-electron chi connectivity index (χ1n) is 9.79. The minimum Gasteiger partial charge on any atom is -0.468 e. The van der Waals surface area contributed by atoms with Gasteiger partial charge >= 0.3 is 5.97 Å². The first kappa shape index (κ1) is 20.6. The Morgan fingerprint density at radius 2 is 1.55 bits per heavy atom. The van der Waals surface area contributed by atoms with Crippen LogP contribution in [-0.2, 0) is 14.3 Å². The van der Waals surface area contributed by atoms with Crippen molar-refractivity contribution in [3.63, 3.8) is 0 Å². The van der Waals surface area contributed by atoms with E-state index in [0.717, 1.165) is 22.1 Å². The van der Waals surface area contributed by atoms with Crippen LogP contribution in [0.5, 0.6) is 5.75 Å². The fraction of sp³-hybridized carbons (Fsp3) is 0.240. The summed E-state index contributed by atoms with van der Waals surface area (Å²) < 4.78 is 15.8. The van der Waals surface area contributed by atoms with Crippen LogP contribution >= 0.6 is 0 Å². The predicted molar refractivity (Wildman–Crippen MR) is 117 cm³/mol. The lowest BCUT2D eigenvalue weighted by Crippen LogP contribution is -2.09. The summed E-state index contributed by atoms with van der Waals surface area (Å²) >= 11 is 0. The number of allylic oxidation sites excluding steroid dienone is 1. The van der Waals surface area contributed by atoms with Gasteiger partial charge in [0.1, 0.15) is 5.75 Å². The van der Waals surface area contributed by atoms with Gasteiger partial charge in [0.2, 0.25) is 0 Å². The molecule has 0 N–H and O–H groups in total. The quantitative estimate of drug-likeness (QED) is 0.214. The van der Waals surface area contributed by atoms with Crippen molar-refractivity contribution < 1.29 is 19.0 Å². The van der Waals surface area contributed by atoms with Crippen LogP contribution in [0.25, 0.3) is 21.9 Å². The number of hydrogen-bond acceptors (Lipinski definition) is 4. The van der Waals surface area contributed by atoms with Crippen LogP contribution in [0.2, 0.25) is 0 Å². The highest BCUT2D eigenvalue weighted by atomic mass is 16.7. The summed E-state index contributed by atoms with van der Waals surface area (Å²) in [5, 5.41) is 2.31. The van der Waals surface area contributed by atoms with E-state index < -0.39 is 0 Å². The molecule has 0 unspecified atom stereocenters. The van der Waals surface area contributed by atoms with Crippen molar-refractivity contribution in [2.75, 3.05) is 20.5 Å². The molecular formula is C25H26O4. The topological polar surface area (TPSA) is 44.8 Å². The molecule has 0 aliphatic rings. The molecule has 3 aromatic rings. The molecular weight excluding hydrogens is 364 g/mol. The van der Waals surface area contributed by atoms with E-state index in [0.29, 0.717) is 24.4 Å². The van der Waals surface area contributed by atoms with Gasteiger partial charge in [0.25, 0.3) is 0 Å². The van der Waals surface area contributed by atoms with Gasteiger partial charge in [-0.2, -0.15) is 0 Å². The van der Waals surface area contributed by atoms with Crippen molar-refractivity contribution in [2.24, 2.45) is 0 Å². The summed E-state index contributed by atoms with van der Waals surface area (Å²) in [6.45, 7) is 4.38. The lowest BCUT2D eigenvalue weighted by Gasteiger charge is -2.15. The molecule has 0 spiro atoms. The molecule has 0 fully saturated rings. The highest BCUT2D eigenvalue weighted by Gasteiger charge is 2.19. The third kappa shape index (κ3) is 4.84. The second-order valence-corrected chi connectivity index (χ2v) is 6.56. The molecule has 3 aromatic carbocycles. The van der Waals surface area contributed by atoms with Crippen molar-refractivity contribution in [1.82, 2.24) is 0 Å². The van der Waals surface area contributed by atoms with Gasteiger partial charge in [0.15, 0.2) is 6.79 Å². The summed E-state index contributed by atoms with van der Waals surface area (Å²) in [4.78, 5) is 12.9. The Bertz CT molecular complexity index is 1000. The van der Waals surface area contributed by atoms with Gasteiger partial charge < -0.3 is 14.2 Å². The number of rotatable bonds is 8. The van der Waals surface area contributed by atoms with Crippen LogP contribution < -0.4 is 4.74 Å². The van der Waals surface area contributed by atoms with Gasteiger partial charge in [0.05, 0.1) is 12.2 Å². The first-order chi connectivity index (χ1) is 14.2. The summed E-state index contributed by atoms with van der Waals surface area (Å²) in [5.41, 5.74) is 3.37. The molecule has 4 nitrogen and oxygen atoms in total. The molecule has 0 aliphatic carbocycles. The van der Waals surface area contributed by atoms with Crippen LogP contribution in [0.1, 0.15) is 31.4 Å². The van der Waals surface area contributed by atoms with Crippen LogP contribution in [0.3, 0.4) is 0 Å². The number of hydrogen-bond donors (Lipinski definition) is 0. The third-order valence-electron chi connectivity index (χ3n) is 4.72. The van der Waals surface area contributed by atoms with Gasteiger partial charge in [-0.05, 0) is 59.0 Å². The highest BCUT2D eigenvalue weighted by Crippen LogP contribution is 2.32. The predicted octanol–water partition coefficient (Wildman–Crippen LogP) is 5.71. The molecule has 0 amide bonds. The average Bonchev–Trinajstić information content (AvgIpc) is 2.76.